The summed E-state index contributed by atoms with van der Waals surface area (Å²) in [4.78, 5) is 10.2. The van der Waals surface area contributed by atoms with Crippen LogP contribution in [0.2, 0.25) is 0 Å². The molecule has 0 aromatic rings. The Morgan fingerprint density at radius 3 is 2.67 bits per heavy atom. The van der Waals surface area contributed by atoms with Crippen molar-refractivity contribution in [3.05, 3.63) is 23.8 Å². The van der Waals surface area contributed by atoms with Crippen molar-refractivity contribution in [1.29, 1.82) is 0 Å². The van der Waals surface area contributed by atoms with Crippen molar-refractivity contribution < 1.29 is 9.90 Å². The van der Waals surface area contributed by atoms with Gasteiger partial charge in [-0.15, -0.1) is 0 Å². The van der Waals surface area contributed by atoms with Crippen molar-refractivity contribution in [2.75, 3.05) is 0 Å². The van der Waals surface area contributed by atoms with E-state index < -0.39 is 6.09 Å². The van der Waals surface area contributed by atoms with E-state index in [4.69, 9.17) is 5.11 Å². The zero-order valence-corrected chi connectivity index (χ0v) is 5.34. The van der Waals surface area contributed by atoms with Gasteiger partial charge in [-0.05, 0) is 23.4 Å². The van der Waals surface area contributed by atoms with E-state index in [2.05, 4.69) is 0 Å². The van der Waals surface area contributed by atoms with Crippen LogP contribution in [0.3, 0.4) is 0 Å². The Hall–Kier alpha value is -0.900. The predicted octanol–water partition coefficient (Wildman–Crippen LogP) is 1.66. The molecule has 0 aliphatic carbocycles. The van der Waals surface area contributed by atoms with Crippen LogP contribution in [0.5, 0.6) is 0 Å². The Balaban J connectivity index is 2.56. The number of rotatable bonds is 0. The van der Waals surface area contributed by atoms with Gasteiger partial charge in [0.05, 0.1) is 0 Å². The Labute approximate surface area is 56.8 Å². The molecule has 1 aliphatic rings. The van der Waals surface area contributed by atoms with Crippen LogP contribution in [0.25, 0.3) is 0 Å². The zero-order valence-electron chi connectivity index (χ0n) is 4.52. The second kappa shape index (κ2) is 2.59. The van der Waals surface area contributed by atoms with Crippen molar-refractivity contribution >= 4 is 18.0 Å². The van der Waals surface area contributed by atoms with Gasteiger partial charge in [-0.1, -0.05) is 6.08 Å². The molecule has 48 valence electrons. The second-order valence-corrected chi connectivity index (χ2v) is 2.26. The molecule has 3 nitrogen and oxygen atoms in total. The van der Waals surface area contributed by atoms with Crippen LogP contribution >= 0.6 is 11.9 Å². The summed E-state index contributed by atoms with van der Waals surface area (Å²) in [6.07, 6.45) is 4.00. The summed E-state index contributed by atoms with van der Waals surface area (Å²) in [6.45, 7) is 0. The molecule has 1 rings (SSSR count). The van der Waals surface area contributed by atoms with Crippen LogP contribution < -0.4 is 0 Å². The highest BCUT2D eigenvalue weighted by atomic mass is 32.2. The van der Waals surface area contributed by atoms with Gasteiger partial charge in [-0.3, -0.25) is 0 Å². The minimum atomic E-state index is -0.944. The first-order chi connectivity index (χ1) is 4.30. The molecular formula is C5H5NO2S. The Kier molecular flexibility index (Phi) is 1.79. The van der Waals surface area contributed by atoms with Gasteiger partial charge >= 0.3 is 6.09 Å². The van der Waals surface area contributed by atoms with Gasteiger partial charge in [0.1, 0.15) is 0 Å². The minimum absolute atomic E-state index is 0.944. The van der Waals surface area contributed by atoms with Crippen molar-refractivity contribution in [3.8, 4) is 0 Å². The molecule has 0 fully saturated rings. The van der Waals surface area contributed by atoms with Gasteiger partial charge in [-0.25, -0.2) is 9.10 Å². The number of hydrogen-bond acceptors (Lipinski definition) is 2. The van der Waals surface area contributed by atoms with E-state index in [0.29, 0.717) is 0 Å². The lowest BCUT2D eigenvalue weighted by molar-refractivity contribution is 0.184. The maximum atomic E-state index is 10.2. The molecule has 0 saturated carbocycles. The van der Waals surface area contributed by atoms with E-state index in [1.807, 2.05) is 0 Å². The van der Waals surface area contributed by atoms with E-state index in [0.717, 1.165) is 16.3 Å². The summed E-state index contributed by atoms with van der Waals surface area (Å²) < 4.78 is 1.12. The number of carbonyl (C=O) groups is 1. The largest absolute Gasteiger partial charge is 0.464 e. The predicted molar refractivity (Wildman–Crippen MR) is 35.7 cm³/mol. The summed E-state index contributed by atoms with van der Waals surface area (Å²) in [7, 11) is 0. The lowest BCUT2D eigenvalue weighted by Gasteiger charge is -2.10. The fourth-order valence-corrected chi connectivity index (χ4v) is 0.941. The molecule has 0 unspecified atom stereocenters. The fraction of sp³-hybridized carbons (Fsp3) is 0. The van der Waals surface area contributed by atoms with Crippen LogP contribution in [0.15, 0.2) is 23.8 Å². The fourth-order valence-electron chi connectivity index (χ4n) is 0.418. The smallest absolute Gasteiger partial charge is 0.421 e. The van der Waals surface area contributed by atoms with E-state index >= 15 is 0 Å². The van der Waals surface area contributed by atoms with Crippen LogP contribution in [0.4, 0.5) is 4.79 Å². The average Bonchev–Trinajstić information content (AvgIpc) is 1.90. The third-order valence-corrected chi connectivity index (χ3v) is 1.56. The van der Waals surface area contributed by atoms with Crippen molar-refractivity contribution in [2.24, 2.45) is 0 Å². The van der Waals surface area contributed by atoms with Crippen LogP contribution in [0, 0.1) is 0 Å². The van der Waals surface area contributed by atoms with Crippen LogP contribution in [-0.2, 0) is 0 Å². The molecule has 0 saturated heterocycles. The number of amides is 1. The molecule has 1 amide bonds. The SMILES string of the molecule is O=C(O)N1C=CC=CS1. The van der Waals surface area contributed by atoms with Crippen molar-refractivity contribution in [2.45, 2.75) is 0 Å². The number of nitrogens with zero attached hydrogens (tertiary/aromatic N) is 1. The third kappa shape index (κ3) is 1.50. The van der Waals surface area contributed by atoms with Crippen molar-refractivity contribution in [3.63, 3.8) is 0 Å². The zero-order chi connectivity index (χ0) is 6.69. The van der Waals surface area contributed by atoms with Gasteiger partial charge in [0.2, 0.25) is 0 Å². The number of hydrogen-bond donors (Lipinski definition) is 1. The number of carboxylic acid groups (broad SMARTS) is 1. The molecule has 0 spiro atoms. The standard InChI is InChI=1S/C5H5NO2S/c7-5(8)6-3-1-2-4-9-6/h1-4H,(H,7,8). The molecule has 0 atom stereocenters. The summed E-state index contributed by atoms with van der Waals surface area (Å²) in [5, 5.41) is 10.1. The maximum Gasteiger partial charge on any atom is 0.421 e. The highest BCUT2D eigenvalue weighted by molar-refractivity contribution is 8.00. The summed E-state index contributed by atoms with van der Waals surface area (Å²) in [5.74, 6) is 0. The first kappa shape index (κ1) is 6.22. The van der Waals surface area contributed by atoms with E-state index in [-0.39, 0.29) is 0 Å². The third-order valence-electron chi connectivity index (χ3n) is 0.774. The highest BCUT2D eigenvalue weighted by Gasteiger charge is 2.07. The molecule has 1 N–H and O–H groups in total. The quantitative estimate of drug-likeness (QED) is 0.524. The molecule has 0 aromatic heterocycles. The minimum Gasteiger partial charge on any atom is -0.464 e. The molecule has 0 aromatic carbocycles. The Bertz CT molecular complexity index is 176. The second-order valence-electron chi connectivity index (χ2n) is 1.38. The summed E-state index contributed by atoms with van der Waals surface area (Å²) >= 11 is 1.14. The van der Waals surface area contributed by atoms with E-state index in [9.17, 15) is 4.79 Å². The maximum absolute atomic E-state index is 10.2. The molecule has 0 bridgehead atoms. The Morgan fingerprint density at radius 2 is 2.33 bits per heavy atom. The molecule has 1 heterocycles. The number of allylic oxidation sites excluding steroid dienone is 2. The lowest BCUT2D eigenvalue weighted by Crippen LogP contribution is -2.15. The summed E-state index contributed by atoms with van der Waals surface area (Å²) in [6, 6.07) is 0. The molecule has 4 heteroatoms. The lowest BCUT2D eigenvalue weighted by atomic mass is 10.6. The van der Waals surface area contributed by atoms with E-state index in [1.165, 1.54) is 6.20 Å². The monoisotopic (exact) mass is 143 g/mol. The molecule has 0 radical (unpaired) electrons. The molecule has 1 aliphatic heterocycles. The van der Waals surface area contributed by atoms with Crippen LogP contribution in [0.1, 0.15) is 0 Å². The van der Waals surface area contributed by atoms with Gasteiger partial charge < -0.3 is 5.11 Å². The van der Waals surface area contributed by atoms with Gasteiger partial charge in [0, 0.05) is 6.20 Å². The average molecular weight is 143 g/mol. The van der Waals surface area contributed by atoms with Gasteiger partial charge in [0.15, 0.2) is 0 Å². The van der Waals surface area contributed by atoms with E-state index in [1.54, 1.807) is 17.6 Å². The first-order valence-electron chi connectivity index (χ1n) is 2.33. The van der Waals surface area contributed by atoms with Gasteiger partial charge in [0.25, 0.3) is 0 Å². The van der Waals surface area contributed by atoms with Crippen molar-refractivity contribution in [1.82, 2.24) is 4.31 Å². The molecule has 9 heavy (non-hydrogen) atoms. The molecular weight excluding hydrogens is 138 g/mol. The van der Waals surface area contributed by atoms with Crippen LogP contribution in [-0.4, -0.2) is 15.5 Å². The topological polar surface area (TPSA) is 40.5 Å². The highest BCUT2D eigenvalue weighted by Crippen LogP contribution is 2.15. The first-order valence-corrected chi connectivity index (χ1v) is 3.16. The Morgan fingerprint density at radius 1 is 1.56 bits per heavy atom. The normalized spacial score (nSPS) is 16.2. The van der Waals surface area contributed by atoms with Gasteiger partial charge in [-0.2, -0.15) is 0 Å². The summed E-state index contributed by atoms with van der Waals surface area (Å²) in [5.41, 5.74) is 0.